The van der Waals surface area contributed by atoms with E-state index in [1.165, 1.54) is 22.2 Å². The van der Waals surface area contributed by atoms with Crippen molar-refractivity contribution in [1.82, 2.24) is 19.9 Å². The van der Waals surface area contributed by atoms with Crippen LogP contribution in [0.5, 0.6) is 0 Å². The lowest BCUT2D eigenvalue weighted by molar-refractivity contribution is -0.125. The molecule has 0 unspecified atom stereocenters. The second-order valence-electron chi connectivity index (χ2n) is 9.19. The fourth-order valence-electron chi connectivity index (χ4n) is 4.23. The lowest BCUT2D eigenvalue weighted by atomic mass is 9.97. The van der Waals surface area contributed by atoms with E-state index in [1.54, 1.807) is 0 Å². The van der Waals surface area contributed by atoms with Gasteiger partial charge in [0, 0.05) is 24.8 Å². The number of nitrogens with zero attached hydrogens (tertiary/aromatic N) is 4. The van der Waals surface area contributed by atoms with E-state index < -0.39 is 0 Å². The SMILES string of the molecule is Cc1cccc(NC(=O)Cn2cnc3nc(N4CCC[C@H](C(=O)NC5CC5)C4)sc3c2=O)c1C. The molecule has 10 heteroatoms. The van der Waals surface area contributed by atoms with Crippen LogP contribution >= 0.6 is 11.3 Å². The van der Waals surface area contributed by atoms with Gasteiger partial charge in [-0.1, -0.05) is 23.5 Å². The third-order valence-electron chi connectivity index (χ3n) is 6.55. The molecule has 0 radical (unpaired) electrons. The number of aryl methyl sites for hydroxylation is 1. The number of amides is 2. The van der Waals surface area contributed by atoms with E-state index in [9.17, 15) is 14.4 Å². The maximum absolute atomic E-state index is 13.1. The van der Waals surface area contributed by atoms with Crippen molar-refractivity contribution < 1.29 is 9.59 Å². The highest BCUT2D eigenvalue weighted by Gasteiger charge is 2.31. The zero-order valence-electron chi connectivity index (χ0n) is 19.3. The molecular formula is C24H28N6O3S. The Labute approximate surface area is 201 Å². The quantitative estimate of drug-likeness (QED) is 0.561. The summed E-state index contributed by atoms with van der Waals surface area (Å²) in [7, 11) is 0. The second-order valence-corrected chi connectivity index (χ2v) is 10.2. The van der Waals surface area contributed by atoms with Crippen molar-refractivity contribution in [1.29, 1.82) is 0 Å². The molecule has 3 heterocycles. The monoisotopic (exact) mass is 480 g/mol. The van der Waals surface area contributed by atoms with Gasteiger partial charge in [0.25, 0.3) is 5.56 Å². The number of anilines is 2. The Hall–Kier alpha value is -3.27. The van der Waals surface area contributed by atoms with Gasteiger partial charge < -0.3 is 15.5 Å². The molecule has 1 saturated heterocycles. The number of rotatable bonds is 6. The Morgan fingerprint density at radius 1 is 1.21 bits per heavy atom. The van der Waals surface area contributed by atoms with Crippen molar-refractivity contribution in [2.75, 3.05) is 23.3 Å². The standard InChI is InChI=1S/C24H28N6O3S/c1-14-5-3-7-18(15(14)2)27-19(31)12-30-13-25-21-20(23(30)33)34-24(28-21)29-10-4-6-16(11-29)22(32)26-17-8-9-17/h3,5,7,13,16-17H,4,6,8-12H2,1-2H3,(H,26,32)(H,27,31)/t16-/m0/s1. The minimum absolute atomic E-state index is 0.0697. The Morgan fingerprint density at radius 3 is 2.82 bits per heavy atom. The van der Waals surface area contributed by atoms with Crippen molar-refractivity contribution in [3.05, 3.63) is 46.0 Å². The molecule has 1 saturated carbocycles. The summed E-state index contributed by atoms with van der Waals surface area (Å²) in [5.74, 6) is -0.245. The highest BCUT2D eigenvalue weighted by atomic mass is 32.1. The van der Waals surface area contributed by atoms with Gasteiger partial charge in [-0.3, -0.25) is 19.0 Å². The molecule has 9 nitrogen and oxygen atoms in total. The average Bonchev–Trinajstić information content (AvgIpc) is 3.53. The molecule has 2 aliphatic rings. The Balaban J connectivity index is 1.31. The highest BCUT2D eigenvalue weighted by molar-refractivity contribution is 7.22. The number of aromatic nitrogens is 3. The molecule has 0 bridgehead atoms. The molecule has 2 fully saturated rings. The van der Waals surface area contributed by atoms with Crippen LogP contribution in [0.1, 0.15) is 36.8 Å². The second kappa shape index (κ2) is 9.17. The molecule has 1 atom stereocenters. The van der Waals surface area contributed by atoms with Crippen LogP contribution in [0.4, 0.5) is 10.8 Å². The minimum atomic E-state index is -0.290. The summed E-state index contributed by atoms with van der Waals surface area (Å²) in [6.45, 7) is 5.18. The van der Waals surface area contributed by atoms with Crippen LogP contribution in [0, 0.1) is 19.8 Å². The summed E-state index contributed by atoms with van der Waals surface area (Å²) in [4.78, 5) is 49.1. The van der Waals surface area contributed by atoms with E-state index in [1.807, 2.05) is 32.0 Å². The summed E-state index contributed by atoms with van der Waals surface area (Å²) < 4.78 is 1.73. The Bertz CT molecular complexity index is 1310. The number of nitrogens with one attached hydrogen (secondary N) is 2. The van der Waals surface area contributed by atoms with Crippen molar-refractivity contribution in [2.45, 2.75) is 52.1 Å². The average molecular weight is 481 g/mol. The van der Waals surface area contributed by atoms with Crippen molar-refractivity contribution in [3.63, 3.8) is 0 Å². The van der Waals surface area contributed by atoms with Crippen LogP contribution in [0.3, 0.4) is 0 Å². The number of carbonyl (C=O) groups excluding carboxylic acids is 2. The number of hydrogen-bond acceptors (Lipinski definition) is 7. The highest BCUT2D eigenvalue weighted by Crippen LogP contribution is 2.30. The molecule has 3 aromatic rings. The number of piperidine rings is 1. The summed E-state index contributed by atoms with van der Waals surface area (Å²) in [6, 6.07) is 6.06. The van der Waals surface area contributed by atoms with E-state index in [4.69, 9.17) is 0 Å². The predicted octanol–water partition coefficient (Wildman–Crippen LogP) is 2.60. The molecule has 2 N–H and O–H groups in total. The third kappa shape index (κ3) is 4.68. The van der Waals surface area contributed by atoms with Gasteiger partial charge in [-0.25, -0.2) is 4.98 Å². The van der Waals surface area contributed by atoms with Gasteiger partial charge in [0.2, 0.25) is 11.8 Å². The van der Waals surface area contributed by atoms with Crippen LogP contribution in [-0.2, 0) is 16.1 Å². The van der Waals surface area contributed by atoms with Crippen molar-refractivity contribution in [2.24, 2.45) is 5.92 Å². The fourth-order valence-corrected chi connectivity index (χ4v) is 5.23. The molecule has 34 heavy (non-hydrogen) atoms. The Morgan fingerprint density at radius 2 is 2.03 bits per heavy atom. The zero-order chi connectivity index (χ0) is 23.8. The van der Waals surface area contributed by atoms with Crippen LogP contribution in [0.15, 0.2) is 29.3 Å². The van der Waals surface area contributed by atoms with Crippen molar-refractivity contribution in [3.8, 4) is 0 Å². The number of fused-ring (bicyclic) bond motifs is 1. The predicted molar refractivity (Wildman–Crippen MR) is 132 cm³/mol. The van der Waals surface area contributed by atoms with Gasteiger partial charge in [-0.15, -0.1) is 0 Å². The molecule has 1 aliphatic heterocycles. The van der Waals surface area contributed by atoms with Gasteiger partial charge >= 0.3 is 0 Å². The van der Waals surface area contributed by atoms with E-state index in [0.717, 1.165) is 49.0 Å². The zero-order valence-corrected chi connectivity index (χ0v) is 20.2. The molecule has 178 valence electrons. The fraction of sp³-hybridized carbons (Fsp3) is 0.458. The lowest BCUT2D eigenvalue weighted by Gasteiger charge is -2.31. The molecule has 1 aromatic carbocycles. The summed E-state index contributed by atoms with van der Waals surface area (Å²) in [5.41, 5.74) is 2.90. The summed E-state index contributed by atoms with van der Waals surface area (Å²) >= 11 is 1.28. The molecule has 2 aromatic heterocycles. The maximum Gasteiger partial charge on any atom is 0.273 e. The first kappa shape index (κ1) is 22.5. The Kier molecular flexibility index (Phi) is 6.07. The number of benzene rings is 1. The molecule has 0 spiro atoms. The summed E-state index contributed by atoms with van der Waals surface area (Å²) in [6.07, 6.45) is 5.27. The number of thiazole rings is 1. The van der Waals surface area contributed by atoms with Crippen LogP contribution < -0.4 is 21.1 Å². The topological polar surface area (TPSA) is 109 Å². The first-order valence-corrected chi connectivity index (χ1v) is 12.5. The molecule has 1 aliphatic carbocycles. The smallest absolute Gasteiger partial charge is 0.273 e. The van der Waals surface area contributed by atoms with Crippen LogP contribution in [0.2, 0.25) is 0 Å². The minimum Gasteiger partial charge on any atom is -0.353 e. The number of carbonyl (C=O) groups is 2. The van der Waals surface area contributed by atoms with Crippen LogP contribution in [-0.4, -0.2) is 45.5 Å². The normalized spacial score (nSPS) is 18.2. The van der Waals surface area contributed by atoms with Gasteiger partial charge in [0.1, 0.15) is 17.6 Å². The van der Waals surface area contributed by atoms with E-state index in [-0.39, 0.29) is 29.8 Å². The molecular weight excluding hydrogens is 452 g/mol. The van der Waals surface area contributed by atoms with Gasteiger partial charge in [0.05, 0.1) is 5.92 Å². The van der Waals surface area contributed by atoms with Gasteiger partial charge in [-0.05, 0) is 56.7 Å². The van der Waals surface area contributed by atoms with Crippen LogP contribution in [0.25, 0.3) is 10.3 Å². The molecule has 5 rings (SSSR count). The number of hydrogen-bond donors (Lipinski definition) is 2. The molecule has 2 amide bonds. The maximum atomic E-state index is 13.1. The largest absolute Gasteiger partial charge is 0.353 e. The first-order chi connectivity index (χ1) is 16.4. The first-order valence-electron chi connectivity index (χ1n) is 11.7. The van der Waals surface area contributed by atoms with Gasteiger partial charge in [-0.2, -0.15) is 4.98 Å². The van der Waals surface area contributed by atoms with Gasteiger partial charge in [0.15, 0.2) is 10.8 Å². The third-order valence-corrected chi connectivity index (χ3v) is 7.64. The summed E-state index contributed by atoms with van der Waals surface area (Å²) in [5, 5.41) is 6.67. The van der Waals surface area contributed by atoms with E-state index in [2.05, 4.69) is 25.5 Å². The lowest BCUT2D eigenvalue weighted by Crippen LogP contribution is -2.43. The van der Waals surface area contributed by atoms with E-state index >= 15 is 0 Å². The van der Waals surface area contributed by atoms with E-state index in [0.29, 0.717) is 28.1 Å². The van der Waals surface area contributed by atoms with Crippen molar-refractivity contribution >= 4 is 44.3 Å².